The van der Waals surface area contributed by atoms with E-state index in [1.807, 2.05) is 36.4 Å². The van der Waals surface area contributed by atoms with E-state index in [-0.39, 0.29) is 0 Å². The third-order valence-electron chi connectivity index (χ3n) is 3.20. The van der Waals surface area contributed by atoms with Crippen molar-refractivity contribution < 1.29 is 9.47 Å². The Morgan fingerprint density at radius 3 is 2.62 bits per heavy atom. The molecule has 4 nitrogen and oxygen atoms in total. The number of hydrogen-bond acceptors (Lipinski definition) is 4. The zero-order valence-corrected chi connectivity index (χ0v) is 11.9. The van der Waals surface area contributed by atoms with Gasteiger partial charge in [0.25, 0.3) is 0 Å². The number of nitrogens with zero attached hydrogens (tertiary/aromatic N) is 1. The molecule has 0 spiro atoms. The van der Waals surface area contributed by atoms with E-state index in [2.05, 4.69) is 11.4 Å². The fraction of sp³-hybridized carbons (Fsp3) is 0.188. The van der Waals surface area contributed by atoms with Crippen LogP contribution in [0.1, 0.15) is 11.6 Å². The largest absolute Gasteiger partial charge is 0.486 e. The van der Waals surface area contributed by atoms with Crippen LogP contribution in [0.25, 0.3) is 0 Å². The van der Waals surface area contributed by atoms with Gasteiger partial charge < -0.3 is 14.8 Å². The minimum atomic E-state index is -0.513. The maximum atomic E-state index is 9.41. The van der Waals surface area contributed by atoms with Crippen LogP contribution < -0.4 is 14.8 Å². The molecule has 0 saturated heterocycles. The standard InChI is InChI=1S/C16H13ClN2O2/c17-12-3-1-2-4-13(12)19-14(10-18)11-5-6-15-16(9-11)21-8-7-20-15/h1-6,9,14,19H,7-8H2. The van der Waals surface area contributed by atoms with Crippen molar-refractivity contribution in [2.75, 3.05) is 18.5 Å². The molecule has 0 fully saturated rings. The normalized spacial score (nSPS) is 14.1. The van der Waals surface area contributed by atoms with Crippen molar-refractivity contribution in [3.8, 4) is 17.6 Å². The highest BCUT2D eigenvalue weighted by Crippen LogP contribution is 2.34. The molecule has 3 rings (SSSR count). The first-order valence-electron chi connectivity index (χ1n) is 6.58. The highest BCUT2D eigenvalue weighted by molar-refractivity contribution is 6.33. The zero-order chi connectivity index (χ0) is 14.7. The van der Waals surface area contributed by atoms with E-state index >= 15 is 0 Å². The van der Waals surface area contributed by atoms with Gasteiger partial charge in [-0.2, -0.15) is 5.26 Å². The molecule has 1 N–H and O–H groups in total. The molecule has 1 unspecified atom stereocenters. The van der Waals surface area contributed by atoms with Crippen molar-refractivity contribution in [2.45, 2.75) is 6.04 Å². The number of nitriles is 1. The first-order valence-corrected chi connectivity index (χ1v) is 6.96. The lowest BCUT2D eigenvalue weighted by Crippen LogP contribution is -2.16. The molecule has 0 radical (unpaired) electrons. The summed E-state index contributed by atoms with van der Waals surface area (Å²) in [7, 11) is 0. The second kappa shape index (κ2) is 5.94. The summed E-state index contributed by atoms with van der Waals surface area (Å²) in [6.07, 6.45) is 0. The van der Waals surface area contributed by atoms with Crippen LogP contribution >= 0.6 is 11.6 Å². The van der Waals surface area contributed by atoms with Gasteiger partial charge in [-0.3, -0.25) is 0 Å². The molecule has 2 aromatic carbocycles. The van der Waals surface area contributed by atoms with Gasteiger partial charge in [-0.25, -0.2) is 0 Å². The summed E-state index contributed by atoms with van der Waals surface area (Å²) in [5.41, 5.74) is 1.53. The first-order chi connectivity index (χ1) is 10.3. The third kappa shape index (κ3) is 2.88. The van der Waals surface area contributed by atoms with Gasteiger partial charge in [0.15, 0.2) is 11.5 Å². The highest BCUT2D eigenvalue weighted by atomic mass is 35.5. The van der Waals surface area contributed by atoms with E-state index in [0.717, 1.165) is 11.3 Å². The Morgan fingerprint density at radius 1 is 1.10 bits per heavy atom. The Hall–Kier alpha value is -2.38. The van der Waals surface area contributed by atoms with Crippen LogP contribution in [0.15, 0.2) is 42.5 Å². The number of anilines is 1. The maximum Gasteiger partial charge on any atom is 0.161 e. The minimum absolute atomic E-state index is 0.513. The number of rotatable bonds is 3. The van der Waals surface area contributed by atoms with Crippen LogP contribution in [0.2, 0.25) is 5.02 Å². The molecule has 0 saturated carbocycles. The molecule has 1 heterocycles. The van der Waals surface area contributed by atoms with E-state index in [9.17, 15) is 5.26 Å². The first kappa shape index (κ1) is 13.6. The average molecular weight is 301 g/mol. The number of benzene rings is 2. The minimum Gasteiger partial charge on any atom is -0.486 e. The summed E-state index contributed by atoms with van der Waals surface area (Å²) in [5.74, 6) is 1.37. The summed E-state index contributed by atoms with van der Waals surface area (Å²) in [6.45, 7) is 1.07. The van der Waals surface area contributed by atoms with Crippen LogP contribution in [-0.4, -0.2) is 13.2 Å². The van der Waals surface area contributed by atoms with Gasteiger partial charge in [-0.1, -0.05) is 29.8 Å². The topological polar surface area (TPSA) is 54.3 Å². The van der Waals surface area contributed by atoms with E-state index in [4.69, 9.17) is 21.1 Å². The molecule has 106 valence electrons. The summed E-state index contributed by atoms with van der Waals surface area (Å²) >= 11 is 6.11. The number of halogens is 1. The fourth-order valence-electron chi connectivity index (χ4n) is 2.16. The summed E-state index contributed by atoms with van der Waals surface area (Å²) < 4.78 is 11.0. The molecule has 21 heavy (non-hydrogen) atoms. The molecule has 5 heteroatoms. The monoisotopic (exact) mass is 300 g/mol. The van der Waals surface area contributed by atoms with Crippen LogP contribution in [-0.2, 0) is 0 Å². The van der Waals surface area contributed by atoms with E-state index in [0.29, 0.717) is 29.7 Å². The van der Waals surface area contributed by atoms with E-state index in [1.54, 1.807) is 6.07 Å². The highest BCUT2D eigenvalue weighted by Gasteiger charge is 2.17. The van der Waals surface area contributed by atoms with Gasteiger partial charge in [-0.15, -0.1) is 0 Å². The van der Waals surface area contributed by atoms with Crippen molar-refractivity contribution in [1.82, 2.24) is 0 Å². The Bertz CT molecular complexity index is 697. The lowest BCUT2D eigenvalue weighted by molar-refractivity contribution is 0.171. The Labute approximate surface area is 127 Å². The smallest absolute Gasteiger partial charge is 0.161 e. The number of fused-ring (bicyclic) bond motifs is 1. The summed E-state index contributed by atoms with van der Waals surface area (Å²) in [4.78, 5) is 0. The van der Waals surface area contributed by atoms with Crippen molar-refractivity contribution in [2.24, 2.45) is 0 Å². The number of hydrogen-bond donors (Lipinski definition) is 1. The molecule has 0 bridgehead atoms. The van der Waals surface area contributed by atoms with Gasteiger partial charge in [0, 0.05) is 0 Å². The summed E-state index contributed by atoms with van der Waals surface area (Å²) in [5, 5.41) is 13.1. The van der Waals surface area contributed by atoms with Gasteiger partial charge >= 0.3 is 0 Å². The van der Waals surface area contributed by atoms with Gasteiger partial charge in [-0.05, 0) is 29.8 Å². The molecule has 1 aliphatic rings. The van der Waals surface area contributed by atoms with Crippen LogP contribution in [0.3, 0.4) is 0 Å². The van der Waals surface area contributed by atoms with Crippen LogP contribution in [0.5, 0.6) is 11.5 Å². The molecule has 1 atom stereocenters. The SMILES string of the molecule is N#CC(Nc1ccccc1Cl)c1ccc2c(c1)OCCO2. The lowest BCUT2D eigenvalue weighted by Gasteiger charge is -2.20. The molecule has 0 aliphatic carbocycles. The number of para-hydroxylation sites is 1. The van der Waals surface area contributed by atoms with Crippen molar-refractivity contribution >= 4 is 17.3 Å². The van der Waals surface area contributed by atoms with Crippen molar-refractivity contribution in [3.05, 3.63) is 53.1 Å². The van der Waals surface area contributed by atoms with Crippen LogP contribution in [0.4, 0.5) is 5.69 Å². The van der Waals surface area contributed by atoms with Gasteiger partial charge in [0.1, 0.15) is 19.3 Å². The van der Waals surface area contributed by atoms with E-state index < -0.39 is 6.04 Å². The average Bonchev–Trinajstić information content (AvgIpc) is 2.54. The fourth-order valence-corrected chi connectivity index (χ4v) is 2.35. The second-order valence-electron chi connectivity index (χ2n) is 4.59. The molecular weight excluding hydrogens is 288 g/mol. The van der Waals surface area contributed by atoms with Gasteiger partial charge in [0.2, 0.25) is 0 Å². The molecular formula is C16H13ClN2O2. The molecule has 2 aromatic rings. The molecule has 0 amide bonds. The maximum absolute atomic E-state index is 9.41. The zero-order valence-electron chi connectivity index (χ0n) is 11.2. The lowest BCUT2D eigenvalue weighted by atomic mass is 10.1. The predicted molar refractivity (Wildman–Crippen MR) is 80.9 cm³/mol. The van der Waals surface area contributed by atoms with Crippen molar-refractivity contribution in [1.29, 1.82) is 5.26 Å². The third-order valence-corrected chi connectivity index (χ3v) is 3.53. The van der Waals surface area contributed by atoms with Gasteiger partial charge in [0.05, 0.1) is 16.8 Å². The Morgan fingerprint density at radius 2 is 1.86 bits per heavy atom. The number of nitrogens with one attached hydrogen (secondary N) is 1. The predicted octanol–water partition coefficient (Wildman–Crippen LogP) is 3.79. The second-order valence-corrected chi connectivity index (χ2v) is 5.00. The summed E-state index contributed by atoms with van der Waals surface area (Å²) in [6, 6.07) is 14.6. The Balaban J connectivity index is 1.87. The molecule has 0 aromatic heterocycles. The number of ether oxygens (including phenoxy) is 2. The van der Waals surface area contributed by atoms with Crippen molar-refractivity contribution in [3.63, 3.8) is 0 Å². The quantitative estimate of drug-likeness (QED) is 0.937. The Kier molecular flexibility index (Phi) is 3.85. The van der Waals surface area contributed by atoms with E-state index in [1.165, 1.54) is 0 Å². The van der Waals surface area contributed by atoms with Crippen LogP contribution in [0, 0.1) is 11.3 Å². The molecule has 1 aliphatic heterocycles.